The first-order chi connectivity index (χ1) is 12.2. The molecule has 1 aromatic carbocycles. The minimum Gasteiger partial charge on any atom is -0.496 e. The molecule has 0 saturated carbocycles. The van der Waals surface area contributed by atoms with E-state index in [0.717, 1.165) is 0 Å². The third-order valence-electron chi connectivity index (χ3n) is 5.06. The SMILES string of the molecule is COc1ccc(Cl)cc1C(=O)N1CC[C@@H](O)[C@](CCC(C)C)(C(=O)O)C1. The molecule has 6 nitrogen and oxygen atoms in total. The molecule has 144 valence electrons. The van der Waals surface area contributed by atoms with Crippen LogP contribution in [0.1, 0.15) is 43.5 Å². The van der Waals surface area contributed by atoms with E-state index >= 15 is 0 Å². The molecule has 0 radical (unpaired) electrons. The monoisotopic (exact) mass is 383 g/mol. The van der Waals surface area contributed by atoms with Gasteiger partial charge in [0, 0.05) is 18.1 Å². The fraction of sp³-hybridized carbons (Fsp3) is 0.579. The number of carbonyl (C=O) groups excluding carboxylic acids is 1. The zero-order valence-electron chi connectivity index (χ0n) is 15.4. The summed E-state index contributed by atoms with van der Waals surface area (Å²) in [7, 11) is 1.46. The molecule has 1 amide bonds. The number of rotatable bonds is 6. The molecule has 1 saturated heterocycles. The van der Waals surface area contributed by atoms with Crippen molar-refractivity contribution in [2.24, 2.45) is 11.3 Å². The fourth-order valence-corrected chi connectivity index (χ4v) is 3.55. The Morgan fingerprint density at radius 2 is 2.12 bits per heavy atom. The lowest BCUT2D eigenvalue weighted by Gasteiger charge is -2.43. The zero-order chi connectivity index (χ0) is 19.5. The Balaban J connectivity index is 2.32. The Morgan fingerprint density at radius 3 is 2.69 bits per heavy atom. The highest BCUT2D eigenvalue weighted by atomic mass is 35.5. The van der Waals surface area contributed by atoms with E-state index in [-0.39, 0.29) is 25.4 Å². The smallest absolute Gasteiger partial charge is 0.314 e. The Morgan fingerprint density at radius 1 is 1.42 bits per heavy atom. The van der Waals surface area contributed by atoms with E-state index in [0.29, 0.717) is 35.1 Å². The molecule has 2 N–H and O–H groups in total. The zero-order valence-corrected chi connectivity index (χ0v) is 16.1. The second-order valence-electron chi connectivity index (χ2n) is 7.27. The summed E-state index contributed by atoms with van der Waals surface area (Å²) in [5, 5.41) is 20.7. The average Bonchev–Trinajstić information content (AvgIpc) is 2.60. The lowest BCUT2D eigenvalue weighted by atomic mass is 9.72. The molecular weight excluding hydrogens is 358 g/mol. The van der Waals surface area contributed by atoms with E-state index in [1.807, 2.05) is 13.8 Å². The van der Waals surface area contributed by atoms with Crippen LogP contribution in [0.2, 0.25) is 5.02 Å². The van der Waals surface area contributed by atoms with Gasteiger partial charge in [0.05, 0.1) is 18.8 Å². The van der Waals surface area contributed by atoms with E-state index in [1.54, 1.807) is 12.1 Å². The van der Waals surface area contributed by atoms with Crippen LogP contribution >= 0.6 is 11.6 Å². The first kappa shape index (κ1) is 20.5. The van der Waals surface area contributed by atoms with Crippen LogP contribution in [0.25, 0.3) is 0 Å². The third-order valence-corrected chi connectivity index (χ3v) is 5.29. The van der Waals surface area contributed by atoms with Crippen LogP contribution in [0.4, 0.5) is 0 Å². The maximum absolute atomic E-state index is 13.0. The predicted molar refractivity (Wildman–Crippen MR) is 98.7 cm³/mol. The maximum atomic E-state index is 13.0. The van der Waals surface area contributed by atoms with Gasteiger partial charge in [-0.25, -0.2) is 0 Å². The molecule has 1 aromatic rings. The van der Waals surface area contributed by atoms with Crippen LogP contribution in [-0.4, -0.2) is 53.3 Å². The minimum atomic E-state index is -1.36. The highest BCUT2D eigenvalue weighted by molar-refractivity contribution is 6.31. The van der Waals surface area contributed by atoms with Crippen molar-refractivity contribution in [1.29, 1.82) is 0 Å². The summed E-state index contributed by atoms with van der Waals surface area (Å²) < 4.78 is 5.24. The topological polar surface area (TPSA) is 87.1 Å². The van der Waals surface area contributed by atoms with Crippen molar-refractivity contribution >= 4 is 23.5 Å². The molecule has 0 aliphatic carbocycles. The number of hydrogen-bond acceptors (Lipinski definition) is 4. The number of aliphatic carboxylic acids is 1. The van der Waals surface area contributed by atoms with Gasteiger partial charge in [-0.15, -0.1) is 0 Å². The molecule has 0 aromatic heterocycles. The number of benzene rings is 1. The second kappa shape index (κ2) is 8.27. The summed E-state index contributed by atoms with van der Waals surface area (Å²) in [6.07, 6.45) is 0.215. The largest absolute Gasteiger partial charge is 0.496 e. The standard InChI is InChI=1S/C19H26ClNO5/c1-12(2)6-8-19(18(24)25)11-21(9-7-16(19)22)17(23)14-10-13(20)4-5-15(14)26-3/h4-5,10,12,16,22H,6-9,11H2,1-3H3,(H,24,25)/t16-,19-/m1/s1. The lowest BCUT2D eigenvalue weighted by Crippen LogP contribution is -2.57. The Hall–Kier alpha value is -1.79. The number of piperidine rings is 1. The van der Waals surface area contributed by atoms with Crippen LogP contribution in [0.5, 0.6) is 5.75 Å². The Bertz CT molecular complexity index is 678. The van der Waals surface area contributed by atoms with Crippen LogP contribution in [-0.2, 0) is 4.79 Å². The second-order valence-corrected chi connectivity index (χ2v) is 7.71. The number of amides is 1. The highest BCUT2D eigenvalue weighted by Gasteiger charge is 2.50. The number of halogens is 1. The van der Waals surface area contributed by atoms with E-state index in [9.17, 15) is 19.8 Å². The fourth-order valence-electron chi connectivity index (χ4n) is 3.38. The number of hydrogen-bond donors (Lipinski definition) is 2. The maximum Gasteiger partial charge on any atom is 0.314 e. The number of aliphatic hydroxyl groups excluding tert-OH is 1. The predicted octanol–water partition coefficient (Wildman–Crippen LogP) is 3.06. The summed E-state index contributed by atoms with van der Waals surface area (Å²) in [5.74, 6) is -0.723. The van der Waals surface area contributed by atoms with Crippen LogP contribution < -0.4 is 4.74 Å². The summed E-state index contributed by atoms with van der Waals surface area (Å²) in [5.41, 5.74) is -1.07. The molecule has 1 aliphatic heterocycles. The number of ether oxygens (including phenoxy) is 1. The number of aliphatic hydroxyl groups is 1. The Kier molecular flexibility index (Phi) is 6.53. The average molecular weight is 384 g/mol. The lowest BCUT2D eigenvalue weighted by molar-refractivity contribution is -0.163. The number of nitrogens with zero attached hydrogens (tertiary/aromatic N) is 1. The van der Waals surface area contributed by atoms with Gasteiger partial charge in [-0.2, -0.15) is 0 Å². The van der Waals surface area contributed by atoms with Crippen LogP contribution in [0.3, 0.4) is 0 Å². The first-order valence-electron chi connectivity index (χ1n) is 8.75. The molecule has 0 bridgehead atoms. The van der Waals surface area contributed by atoms with Gasteiger partial charge in [0.1, 0.15) is 11.2 Å². The summed E-state index contributed by atoms with van der Waals surface area (Å²) >= 11 is 6.01. The van der Waals surface area contributed by atoms with Gasteiger partial charge in [-0.3, -0.25) is 9.59 Å². The van der Waals surface area contributed by atoms with Gasteiger partial charge in [-0.1, -0.05) is 25.4 Å². The van der Waals surface area contributed by atoms with E-state index in [1.165, 1.54) is 18.1 Å². The number of carbonyl (C=O) groups is 2. The molecule has 0 unspecified atom stereocenters. The van der Waals surface area contributed by atoms with Crippen molar-refractivity contribution in [2.75, 3.05) is 20.2 Å². The first-order valence-corrected chi connectivity index (χ1v) is 9.13. The normalized spacial score (nSPS) is 23.2. The molecule has 1 heterocycles. The van der Waals surface area contributed by atoms with Gasteiger partial charge < -0.3 is 19.8 Å². The number of methoxy groups -OCH3 is 1. The molecule has 1 fully saturated rings. The van der Waals surface area contributed by atoms with Gasteiger partial charge >= 0.3 is 5.97 Å². The number of carboxylic acid groups (broad SMARTS) is 1. The summed E-state index contributed by atoms with van der Waals surface area (Å²) in [6.45, 7) is 4.26. The van der Waals surface area contributed by atoms with E-state index in [4.69, 9.17) is 16.3 Å². The summed E-state index contributed by atoms with van der Waals surface area (Å²) in [4.78, 5) is 26.5. The van der Waals surface area contributed by atoms with Gasteiger partial charge in [0.2, 0.25) is 0 Å². The van der Waals surface area contributed by atoms with Crippen molar-refractivity contribution in [3.8, 4) is 5.75 Å². The van der Waals surface area contributed by atoms with Crippen LogP contribution in [0.15, 0.2) is 18.2 Å². The van der Waals surface area contributed by atoms with Gasteiger partial charge in [0.15, 0.2) is 0 Å². The Labute approximate surface area is 158 Å². The van der Waals surface area contributed by atoms with Crippen molar-refractivity contribution in [2.45, 2.75) is 39.2 Å². The van der Waals surface area contributed by atoms with Gasteiger partial charge in [-0.05, 0) is 43.4 Å². The number of carboxylic acids is 1. The molecular formula is C19H26ClNO5. The molecule has 7 heteroatoms. The molecule has 26 heavy (non-hydrogen) atoms. The van der Waals surface area contributed by atoms with Crippen LogP contribution in [0, 0.1) is 11.3 Å². The van der Waals surface area contributed by atoms with Crippen molar-refractivity contribution in [1.82, 2.24) is 4.90 Å². The van der Waals surface area contributed by atoms with Crippen molar-refractivity contribution < 1.29 is 24.5 Å². The molecule has 2 rings (SSSR count). The minimum absolute atomic E-state index is 0.0370. The van der Waals surface area contributed by atoms with E-state index < -0.39 is 17.5 Å². The highest BCUT2D eigenvalue weighted by Crippen LogP contribution is 2.38. The van der Waals surface area contributed by atoms with Crippen molar-refractivity contribution in [3.63, 3.8) is 0 Å². The van der Waals surface area contributed by atoms with E-state index in [2.05, 4.69) is 0 Å². The third kappa shape index (κ3) is 4.13. The quantitative estimate of drug-likeness (QED) is 0.788. The number of likely N-dealkylation sites (tertiary alicyclic amines) is 1. The summed E-state index contributed by atoms with van der Waals surface area (Å²) in [6, 6.07) is 4.75. The molecule has 2 atom stereocenters. The molecule has 1 aliphatic rings. The molecule has 0 spiro atoms. The van der Waals surface area contributed by atoms with Gasteiger partial charge in [0.25, 0.3) is 5.91 Å². The van der Waals surface area contributed by atoms with Crippen molar-refractivity contribution in [3.05, 3.63) is 28.8 Å².